The van der Waals surface area contributed by atoms with Crippen molar-refractivity contribution in [2.45, 2.75) is 11.8 Å². The molecular formula is C20H15ClN4O4S. The summed E-state index contributed by atoms with van der Waals surface area (Å²) in [6.45, 7) is 1.64. The van der Waals surface area contributed by atoms with E-state index in [1.807, 2.05) is 6.07 Å². The maximum atomic E-state index is 12.4. The van der Waals surface area contributed by atoms with Crippen LogP contribution in [0.3, 0.4) is 0 Å². The lowest BCUT2D eigenvalue weighted by Gasteiger charge is -2.07. The second-order valence-electron chi connectivity index (χ2n) is 6.13. The molecule has 1 aromatic heterocycles. The van der Waals surface area contributed by atoms with E-state index in [9.17, 15) is 18.5 Å². The quantitative estimate of drug-likeness (QED) is 0.439. The molecule has 0 spiro atoms. The van der Waals surface area contributed by atoms with Crippen LogP contribution in [0.25, 0.3) is 6.08 Å². The van der Waals surface area contributed by atoms with Gasteiger partial charge >= 0.3 is 0 Å². The third-order valence-corrected chi connectivity index (χ3v) is 5.46. The second kappa shape index (κ2) is 8.82. The van der Waals surface area contributed by atoms with Gasteiger partial charge in [0.15, 0.2) is 5.82 Å². The van der Waals surface area contributed by atoms with Crippen molar-refractivity contribution in [2.24, 2.45) is 0 Å². The van der Waals surface area contributed by atoms with Crippen molar-refractivity contribution < 1.29 is 17.7 Å². The van der Waals surface area contributed by atoms with Crippen molar-refractivity contribution in [1.29, 1.82) is 5.26 Å². The van der Waals surface area contributed by atoms with Gasteiger partial charge in [-0.25, -0.2) is 8.42 Å². The Morgan fingerprint density at radius 3 is 2.40 bits per heavy atom. The summed E-state index contributed by atoms with van der Waals surface area (Å²) in [5.74, 6) is -0.0964. The Bertz CT molecular complexity index is 1240. The molecule has 0 saturated carbocycles. The van der Waals surface area contributed by atoms with Gasteiger partial charge in [-0.1, -0.05) is 28.9 Å². The van der Waals surface area contributed by atoms with Crippen LogP contribution in [0.15, 0.2) is 69.6 Å². The van der Waals surface area contributed by atoms with Crippen molar-refractivity contribution >= 4 is 45.1 Å². The largest absolute Gasteiger partial charge is 0.360 e. The summed E-state index contributed by atoms with van der Waals surface area (Å²) < 4.78 is 31.9. The number of amides is 1. The van der Waals surface area contributed by atoms with E-state index in [2.05, 4.69) is 15.2 Å². The number of halogens is 1. The van der Waals surface area contributed by atoms with Crippen molar-refractivity contribution in [3.8, 4) is 6.07 Å². The molecule has 0 aliphatic carbocycles. The van der Waals surface area contributed by atoms with Gasteiger partial charge in [0.1, 0.15) is 17.4 Å². The molecule has 0 radical (unpaired) electrons. The number of sulfonamides is 1. The number of hydrogen-bond acceptors (Lipinski definition) is 6. The van der Waals surface area contributed by atoms with Crippen LogP contribution in [0.2, 0.25) is 5.02 Å². The first-order chi connectivity index (χ1) is 14.3. The smallest absolute Gasteiger partial charge is 0.266 e. The zero-order valence-electron chi connectivity index (χ0n) is 15.6. The maximum absolute atomic E-state index is 12.4. The second-order valence-corrected chi connectivity index (χ2v) is 8.25. The number of carbonyl (C=O) groups is 1. The number of aromatic nitrogens is 1. The molecule has 1 heterocycles. The number of rotatable bonds is 6. The average molecular weight is 443 g/mol. The van der Waals surface area contributed by atoms with Crippen LogP contribution in [-0.4, -0.2) is 19.5 Å². The predicted molar refractivity (Wildman–Crippen MR) is 112 cm³/mol. The molecule has 3 aromatic rings. The van der Waals surface area contributed by atoms with Crippen LogP contribution in [0.5, 0.6) is 0 Å². The number of benzene rings is 2. The number of carbonyl (C=O) groups excluding carboxylic acids is 1. The third kappa shape index (κ3) is 5.26. The molecule has 0 aliphatic rings. The van der Waals surface area contributed by atoms with Crippen molar-refractivity contribution in [2.75, 3.05) is 10.0 Å². The van der Waals surface area contributed by atoms with Gasteiger partial charge in [-0.2, -0.15) is 5.26 Å². The summed E-state index contributed by atoms with van der Waals surface area (Å²) in [6, 6.07) is 15.4. The highest BCUT2D eigenvalue weighted by Crippen LogP contribution is 2.19. The third-order valence-electron chi connectivity index (χ3n) is 3.84. The molecule has 1 amide bonds. The lowest BCUT2D eigenvalue weighted by molar-refractivity contribution is -0.112. The summed E-state index contributed by atoms with van der Waals surface area (Å²) in [4.78, 5) is 12.3. The Labute approximate surface area is 177 Å². The molecule has 3 rings (SSSR count). The predicted octanol–water partition coefficient (Wildman–Crippen LogP) is 3.98. The van der Waals surface area contributed by atoms with Crippen LogP contribution >= 0.6 is 11.6 Å². The van der Waals surface area contributed by atoms with Crippen LogP contribution in [0, 0.1) is 18.3 Å². The lowest BCUT2D eigenvalue weighted by atomic mass is 10.1. The maximum Gasteiger partial charge on any atom is 0.266 e. The molecule has 2 aromatic carbocycles. The zero-order valence-corrected chi connectivity index (χ0v) is 17.2. The number of anilines is 2. The summed E-state index contributed by atoms with van der Waals surface area (Å²) >= 11 is 5.82. The fraction of sp³-hybridized carbons (Fsp3) is 0.0500. The molecule has 0 atom stereocenters. The van der Waals surface area contributed by atoms with Crippen LogP contribution in [0.4, 0.5) is 11.5 Å². The van der Waals surface area contributed by atoms with Gasteiger partial charge in [-0.15, -0.1) is 0 Å². The molecule has 0 saturated heterocycles. The fourth-order valence-corrected chi connectivity index (χ4v) is 3.51. The van der Waals surface area contributed by atoms with E-state index in [0.29, 0.717) is 22.0 Å². The number of nitrogens with zero attached hydrogens (tertiary/aromatic N) is 2. The van der Waals surface area contributed by atoms with Crippen LogP contribution < -0.4 is 10.0 Å². The van der Waals surface area contributed by atoms with Crippen molar-refractivity contribution in [3.05, 3.63) is 76.5 Å². The molecule has 152 valence electrons. The standard InChI is InChI=1S/C20H15ClN4O4S/c1-13-10-19(24-29-13)25-30(27,28)18-8-6-17(7-9-18)23-20(26)15(12-22)11-14-2-4-16(21)5-3-14/h2-11H,1H3,(H,23,26)(H,24,25)/b15-11-. The monoisotopic (exact) mass is 442 g/mol. The zero-order chi connectivity index (χ0) is 21.7. The van der Waals surface area contributed by atoms with E-state index in [1.54, 1.807) is 31.2 Å². The minimum atomic E-state index is -3.87. The van der Waals surface area contributed by atoms with E-state index in [-0.39, 0.29) is 16.3 Å². The first-order valence-corrected chi connectivity index (χ1v) is 10.4. The minimum Gasteiger partial charge on any atom is -0.360 e. The molecule has 0 bridgehead atoms. The Morgan fingerprint density at radius 2 is 1.83 bits per heavy atom. The number of nitrogens with one attached hydrogen (secondary N) is 2. The average Bonchev–Trinajstić information content (AvgIpc) is 3.11. The lowest BCUT2D eigenvalue weighted by Crippen LogP contribution is -2.15. The van der Waals surface area contributed by atoms with Crippen LogP contribution in [-0.2, 0) is 14.8 Å². The van der Waals surface area contributed by atoms with Gasteiger partial charge < -0.3 is 9.84 Å². The summed E-state index contributed by atoms with van der Waals surface area (Å²) in [5, 5.41) is 16.0. The van der Waals surface area contributed by atoms with Crippen molar-refractivity contribution in [1.82, 2.24) is 5.16 Å². The first-order valence-electron chi connectivity index (χ1n) is 8.52. The van der Waals surface area contributed by atoms with Crippen molar-refractivity contribution in [3.63, 3.8) is 0 Å². The highest BCUT2D eigenvalue weighted by molar-refractivity contribution is 7.92. The van der Waals surface area contributed by atoms with E-state index >= 15 is 0 Å². The Hall–Kier alpha value is -3.61. The Kier molecular flexibility index (Phi) is 6.20. The van der Waals surface area contributed by atoms with Gasteiger partial charge in [0, 0.05) is 16.8 Å². The van der Waals surface area contributed by atoms with Crippen LogP contribution in [0.1, 0.15) is 11.3 Å². The van der Waals surface area contributed by atoms with Gasteiger partial charge in [0.05, 0.1) is 4.90 Å². The summed E-state index contributed by atoms with van der Waals surface area (Å²) in [7, 11) is -3.87. The highest BCUT2D eigenvalue weighted by atomic mass is 35.5. The molecule has 2 N–H and O–H groups in total. The normalized spacial score (nSPS) is 11.6. The highest BCUT2D eigenvalue weighted by Gasteiger charge is 2.17. The summed E-state index contributed by atoms with van der Waals surface area (Å²) in [5.41, 5.74) is 0.854. The van der Waals surface area contributed by atoms with Gasteiger partial charge in [0.25, 0.3) is 15.9 Å². The van der Waals surface area contributed by atoms with Gasteiger partial charge in [0.2, 0.25) is 0 Å². The number of hydrogen-bond donors (Lipinski definition) is 2. The fourth-order valence-electron chi connectivity index (χ4n) is 2.40. The molecule has 0 unspecified atom stereocenters. The molecule has 0 aliphatic heterocycles. The van der Waals surface area contributed by atoms with E-state index < -0.39 is 15.9 Å². The topological polar surface area (TPSA) is 125 Å². The SMILES string of the molecule is Cc1cc(NS(=O)(=O)c2ccc(NC(=O)/C(C#N)=C\c3ccc(Cl)cc3)cc2)no1. The number of nitriles is 1. The minimum absolute atomic E-state index is 0.0293. The molecule has 8 nitrogen and oxygen atoms in total. The Balaban J connectivity index is 1.72. The number of aryl methyl sites for hydroxylation is 1. The van der Waals surface area contributed by atoms with E-state index in [1.165, 1.54) is 36.4 Å². The summed E-state index contributed by atoms with van der Waals surface area (Å²) in [6.07, 6.45) is 1.42. The molecular weight excluding hydrogens is 428 g/mol. The first kappa shape index (κ1) is 21.1. The molecule has 0 fully saturated rings. The van der Waals surface area contributed by atoms with Gasteiger partial charge in [-0.05, 0) is 55.0 Å². The van der Waals surface area contributed by atoms with E-state index in [4.69, 9.17) is 16.1 Å². The molecule has 10 heteroatoms. The van der Waals surface area contributed by atoms with E-state index in [0.717, 1.165) is 0 Å². The molecule has 30 heavy (non-hydrogen) atoms. The van der Waals surface area contributed by atoms with Gasteiger partial charge in [-0.3, -0.25) is 9.52 Å². The Morgan fingerprint density at radius 1 is 1.17 bits per heavy atom.